The molecule has 0 aliphatic rings. The Bertz CT molecular complexity index is 1100. The van der Waals surface area contributed by atoms with Gasteiger partial charge in [0.25, 0.3) is 0 Å². The van der Waals surface area contributed by atoms with Gasteiger partial charge in [0, 0.05) is 10.9 Å². The highest BCUT2D eigenvalue weighted by Crippen LogP contribution is 2.25. The van der Waals surface area contributed by atoms with Crippen molar-refractivity contribution in [2.45, 2.75) is 5.16 Å². The monoisotopic (exact) mass is 365 g/mol. The number of ether oxygens (including phenoxy) is 1. The van der Waals surface area contributed by atoms with Gasteiger partial charge in [0.15, 0.2) is 5.65 Å². The first-order chi connectivity index (χ1) is 12.7. The maximum atomic E-state index is 12.2. The molecule has 0 aliphatic heterocycles. The number of fused-ring (bicyclic) bond motifs is 3. The Kier molecular flexibility index (Phi) is 4.40. The second kappa shape index (κ2) is 7.01. The van der Waals surface area contributed by atoms with Crippen LogP contribution >= 0.6 is 11.8 Å². The molecule has 26 heavy (non-hydrogen) atoms. The zero-order valence-corrected chi connectivity index (χ0v) is 14.7. The van der Waals surface area contributed by atoms with Crippen LogP contribution in [0.1, 0.15) is 0 Å². The van der Waals surface area contributed by atoms with Crippen LogP contribution in [0.15, 0.2) is 53.7 Å². The minimum absolute atomic E-state index is 0.167. The van der Waals surface area contributed by atoms with Crippen molar-refractivity contribution in [2.24, 2.45) is 0 Å². The smallest absolute Gasteiger partial charge is 0.234 e. The summed E-state index contributed by atoms with van der Waals surface area (Å²) in [6.45, 7) is 0. The molecule has 0 saturated heterocycles. The molecule has 7 nitrogen and oxygen atoms in total. The number of carbonyl (C=O) groups excluding carboxylic acids is 1. The first-order valence-corrected chi connectivity index (χ1v) is 8.90. The third kappa shape index (κ3) is 3.18. The number of methoxy groups -OCH3 is 1. The Morgan fingerprint density at radius 3 is 2.85 bits per heavy atom. The molecule has 0 spiro atoms. The van der Waals surface area contributed by atoms with Crippen LogP contribution in [0.5, 0.6) is 5.75 Å². The average molecular weight is 365 g/mol. The molecule has 8 heteroatoms. The second-order valence-electron chi connectivity index (χ2n) is 5.50. The molecule has 0 bridgehead atoms. The molecule has 2 heterocycles. The van der Waals surface area contributed by atoms with Gasteiger partial charge in [0.2, 0.25) is 11.1 Å². The van der Waals surface area contributed by atoms with E-state index in [1.165, 1.54) is 11.8 Å². The number of hydrogen-bond donors (Lipinski definition) is 2. The lowest BCUT2D eigenvalue weighted by molar-refractivity contribution is -0.113. The number of nitrogens with zero attached hydrogens (tertiary/aromatic N) is 3. The van der Waals surface area contributed by atoms with Gasteiger partial charge in [-0.2, -0.15) is 0 Å². The largest absolute Gasteiger partial charge is 0.495 e. The fourth-order valence-corrected chi connectivity index (χ4v) is 3.22. The second-order valence-corrected chi connectivity index (χ2v) is 6.44. The van der Waals surface area contributed by atoms with Crippen LogP contribution in [-0.4, -0.2) is 38.9 Å². The van der Waals surface area contributed by atoms with Crippen molar-refractivity contribution in [2.75, 3.05) is 18.2 Å². The summed E-state index contributed by atoms with van der Waals surface area (Å²) in [5.74, 6) is 0.619. The third-order valence-electron chi connectivity index (χ3n) is 3.82. The summed E-state index contributed by atoms with van der Waals surface area (Å²) in [6, 6.07) is 15.1. The van der Waals surface area contributed by atoms with Gasteiger partial charge in [0.1, 0.15) is 11.3 Å². The number of carbonyl (C=O) groups is 1. The van der Waals surface area contributed by atoms with Crippen molar-refractivity contribution in [1.82, 2.24) is 20.2 Å². The maximum Gasteiger partial charge on any atom is 0.234 e. The van der Waals surface area contributed by atoms with Crippen LogP contribution in [0.2, 0.25) is 0 Å². The van der Waals surface area contributed by atoms with Crippen molar-refractivity contribution in [3.8, 4) is 5.75 Å². The van der Waals surface area contributed by atoms with Crippen LogP contribution in [0.3, 0.4) is 0 Å². The predicted molar refractivity (Wildman–Crippen MR) is 102 cm³/mol. The van der Waals surface area contributed by atoms with Crippen LogP contribution < -0.4 is 10.1 Å². The lowest BCUT2D eigenvalue weighted by Crippen LogP contribution is -2.15. The third-order valence-corrected chi connectivity index (χ3v) is 4.65. The molecule has 0 radical (unpaired) electrons. The number of thioether (sulfide) groups is 1. The molecule has 4 aromatic rings. The van der Waals surface area contributed by atoms with Crippen molar-refractivity contribution >= 4 is 45.4 Å². The van der Waals surface area contributed by atoms with Crippen LogP contribution in [0, 0.1) is 0 Å². The SMILES string of the molecule is COc1ccccc1NC(=O)CSc1nnc2c(n1)[nH]c1ccccc12. The molecule has 0 unspecified atom stereocenters. The standard InChI is InChI=1S/C18H15N5O2S/c1-25-14-9-5-4-8-13(14)19-15(24)10-26-18-21-17-16(22-23-18)11-6-2-3-7-12(11)20-17/h2-9H,10H2,1H3,(H,19,24)(H,20,21,23). The first kappa shape index (κ1) is 16.3. The summed E-state index contributed by atoms with van der Waals surface area (Å²) in [4.78, 5) is 19.9. The van der Waals surface area contributed by atoms with Gasteiger partial charge in [-0.25, -0.2) is 4.98 Å². The van der Waals surface area contributed by atoms with Crippen molar-refractivity contribution in [3.63, 3.8) is 0 Å². The van der Waals surface area contributed by atoms with E-state index in [1.54, 1.807) is 19.2 Å². The number of amides is 1. The highest BCUT2D eigenvalue weighted by Gasteiger charge is 2.11. The van der Waals surface area contributed by atoms with E-state index in [9.17, 15) is 4.79 Å². The number of aromatic amines is 1. The molecule has 130 valence electrons. The van der Waals surface area contributed by atoms with E-state index in [2.05, 4.69) is 25.5 Å². The number of anilines is 1. The first-order valence-electron chi connectivity index (χ1n) is 7.91. The van der Waals surface area contributed by atoms with Gasteiger partial charge in [-0.05, 0) is 18.2 Å². The molecule has 0 saturated carbocycles. The summed E-state index contributed by atoms with van der Waals surface area (Å²) in [5, 5.41) is 12.6. The molecule has 4 rings (SSSR count). The van der Waals surface area contributed by atoms with E-state index >= 15 is 0 Å². The average Bonchev–Trinajstić information content (AvgIpc) is 3.04. The molecule has 0 fully saturated rings. The van der Waals surface area contributed by atoms with Crippen LogP contribution in [0.25, 0.3) is 22.1 Å². The van der Waals surface area contributed by atoms with Crippen molar-refractivity contribution in [3.05, 3.63) is 48.5 Å². The zero-order valence-electron chi connectivity index (χ0n) is 13.9. The number of benzene rings is 2. The van der Waals surface area contributed by atoms with Crippen LogP contribution in [-0.2, 0) is 4.79 Å². The van der Waals surface area contributed by atoms with Gasteiger partial charge < -0.3 is 15.0 Å². The normalized spacial score (nSPS) is 11.0. The van der Waals surface area contributed by atoms with Gasteiger partial charge in [-0.1, -0.05) is 42.1 Å². The van der Waals surface area contributed by atoms with E-state index in [1.807, 2.05) is 36.4 Å². The Morgan fingerprint density at radius 1 is 1.15 bits per heavy atom. The van der Waals surface area contributed by atoms with Gasteiger partial charge >= 0.3 is 0 Å². The lowest BCUT2D eigenvalue weighted by atomic mass is 10.2. The molecule has 1 amide bonds. The molecule has 2 N–H and O–H groups in total. The molecular weight excluding hydrogens is 350 g/mol. The number of aromatic nitrogens is 4. The quantitative estimate of drug-likeness (QED) is 0.528. The van der Waals surface area contributed by atoms with E-state index < -0.39 is 0 Å². The molecule has 2 aromatic heterocycles. The zero-order chi connectivity index (χ0) is 17.9. The Balaban J connectivity index is 1.47. The van der Waals surface area contributed by atoms with Gasteiger partial charge in [-0.15, -0.1) is 10.2 Å². The lowest BCUT2D eigenvalue weighted by Gasteiger charge is -2.09. The summed E-state index contributed by atoms with van der Waals surface area (Å²) >= 11 is 1.23. The number of nitrogens with one attached hydrogen (secondary N) is 2. The number of rotatable bonds is 5. The highest BCUT2D eigenvalue weighted by atomic mass is 32.2. The van der Waals surface area contributed by atoms with Crippen molar-refractivity contribution < 1.29 is 9.53 Å². The number of H-pyrrole nitrogens is 1. The van der Waals surface area contributed by atoms with Crippen molar-refractivity contribution in [1.29, 1.82) is 0 Å². The molecule has 0 aliphatic carbocycles. The fraction of sp³-hybridized carbons (Fsp3) is 0.111. The molecular formula is C18H15N5O2S. The van der Waals surface area contributed by atoms with E-state index in [0.29, 0.717) is 22.2 Å². The Morgan fingerprint density at radius 2 is 1.96 bits per heavy atom. The van der Waals surface area contributed by atoms with Gasteiger partial charge in [-0.3, -0.25) is 4.79 Å². The Hall–Kier alpha value is -3.13. The Labute approximate surface area is 153 Å². The van der Waals surface area contributed by atoms with E-state index in [-0.39, 0.29) is 11.7 Å². The summed E-state index contributed by atoms with van der Waals surface area (Å²) in [7, 11) is 1.56. The molecule has 2 aromatic carbocycles. The summed E-state index contributed by atoms with van der Waals surface area (Å²) in [6.07, 6.45) is 0. The summed E-state index contributed by atoms with van der Waals surface area (Å²) < 4.78 is 5.23. The topological polar surface area (TPSA) is 92.8 Å². The van der Waals surface area contributed by atoms with E-state index in [4.69, 9.17) is 4.74 Å². The summed E-state index contributed by atoms with van der Waals surface area (Å²) in [5.41, 5.74) is 2.98. The highest BCUT2D eigenvalue weighted by molar-refractivity contribution is 7.99. The van der Waals surface area contributed by atoms with Crippen LogP contribution in [0.4, 0.5) is 5.69 Å². The number of para-hydroxylation sites is 3. The fourth-order valence-electron chi connectivity index (χ4n) is 2.63. The van der Waals surface area contributed by atoms with E-state index in [0.717, 1.165) is 16.4 Å². The minimum Gasteiger partial charge on any atom is -0.495 e. The maximum absolute atomic E-state index is 12.2. The predicted octanol–water partition coefficient (Wildman–Crippen LogP) is 3.25. The number of hydrogen-bond acceptors (Lipinski definition) is 6. The minimum atomic E-state index is -0.167. The molecule has 0 atom stereocenters. The van der Waals surface area contributed by atoms with Gasteiger partial charge in [0.05, 0.1) is 18.6 Å².